The summed E-state index contributed by atoms with van der Waals surface area (Å²) in [6, 6.07) is 7.37. The zero-order chi connectivity index (χ0) is 16.9. The molecule has 3 rings (SSSR count). The standard InChI is InChI=1S/C17H22ClN5O.HI/c1-12-4-3-9-23(11-12)17(19-2)20-10-15-21-16(22-24-15)13-5-7-14(18)8-6-13;/h5-8,12H,3-4,9-11H2,1-2H3,(H,19,20);1H. The summed E-state index contributed by atoms with van der Waals surface area (Å²) in [5.74, 6) is 2.67. The van der Waals surface area contributed by atoms with Gasteiger partial charge in [-0.1, -0.05) is 23.7 Å². The zero-order valence-electron chi connectivity index (χ0n) is 14.4. The molecule has 1 aliphatic heterocycles. The molecule has 0 amide bonds. The second kappa shape index (κ2) is 9.38. The number of benzene rings is 1. The molecule has 1 N–H and O–H groups in total. The van der Waals surface area contributed by atoms with Crippen LogP contribution in [0.5, 0.6) is 0 Å². The molecule has 2 heterocycles. The van der Waals surface area contributed by atoms with Crippen molar-refractivity contribution in [3.63, 3.8) is 0 Å². The van der Waals surface area contributed by atoms with Crippen molar-refractivity contribution in [2.45, 2.75) is 26.3 Å². The molecule has 6 nitrogen and oxygen atoms in total. The number of halogens is 2. The first-order chi connectivity index (χ1) is 11.7. The van der Waals surface area contributed by atoms with E-state index in [1.807, 2.05) is 24.3 Å². The van der Waals surface area contributed by atoms with Gasteiger partial charge in [-0.15, -0.1) is 24.0 Å². The lowest BCUT2D eigenvalue weighted by atomic mass is 10.0. The van der Waals surface area contributed by atoms with E-state index in [1.54, 1.807) is 7.05 Å². The van der Waals surface area contributed by atoms with Crippen LogP contribution in [0.1, 0.15) is 25.7 Å². The monoisotopic (exact) mass is 475 g/mol. The molecular formula is C17H23ClIN5O. The molecule has 1 aliphatic rings. The van der Waals surface area contributed by atoms with Crippen molar-refractivity contribution in [2.75, 3.05) is 20.1 Å². The smallest absolute Gasteiger partial charge is 0.246 e. The minimum absolute atomic E-state index is 0. The highest BCUT2D eigenvalue weighted by atomic mass is 127. The fraction of sp³-hybridized carbons (Fsp3) is 0.471. The van der Waals surface area contributed by atoms with Crippen molar-refractivity contribution in [2.24, 2.45) is 10.9 Å². The molecule has 0 bridgehead atoms. The van der Waals surface area contributed by atoms with Gasteiger partial charge in [0.2, 0.25) is 11.7 Å². The number of hydrogen-bond acceptors (Lipinski definition) is 4. The van der Waals surface area contributed by atoms with Crippen LogP contribution in [-0.4, -0.2) is 41.1 Å². The van der Waals surface area contributed by atoms with E-state index in [9.17, 15) is 0 Å². The SMILES string of the molecule is CN=C(NCc1nc(-c2ccc(Cl)cc2)no1)N1CCCC(C)C1.I. The number of aliphatic imine (C=N–C) groups is 1. The molecule has 0 aliphatic carbocycles. The van der Waals surface area contributed by atoms with Crippen LogP contribution in [0.3, 0.4) is 0 Å². The van der Waals surface area contributed by atoms with Crippen molar-refractivity contribution < 1.29 is 4.52 Å². The Morgan fingerprint density at radius 3 is 2.84 bits per heavy atom. The van der Waals surface area contributed by atoms with Crippen LogP contribution in [0.15, 0.2) is 33.8 Å². The third kappa shape index (κ3) is 5.31. The van der Waals surface area contributed by atoms with Crippen molar-refractivity contribution in [3.05, 3.63) is 35.2 Å². The van der Waals surface area contributed by atoms with E-state index in [2.05, 4.69) is 32.3 Å². The van der Waals surface area contributed by atoms with Gasteiger partial charge in [0.05, 0.1) is 6.54 Å². The number of hydrogen-bond donors (Lipinski definition) is 1. The summed E-state index contributed by atoms with van der Waals surface area (Å²) in [6.45, 7) is 4.79. The van der Waals surface area contributed by atoms with Crippen molar-refractivity contribution in [1.29, 1.82) is 0 Å². The summed E-state index contributed by atoms with van der Waals surface area (Å²) >= 11 is 5.90. The number of nitrogens with zero attached hydrogens (tertiary/aromatic N) is 4. The van der Waals surface area contributed by atoms with Gasteiger partial charge in [-0.3, -0.25) is 4.99 Å². The second-order valence-electron chi connectivity index (χ2n) is 6.11. The van der Waals surface area contributed by atoms with E-state index in [-0.39, 0.29) is 24.0 Å². The summed E-state index contributed by atoms with van der Waals surface area (Å²) in [5, 5.41) is 8.01. The van der Waals surface area contributed by atoms with Crippen LogP contribution in [0.4, 0.5) is 0 Å². The Labute approximate surface area is 170 Å². The maximum atomic E-state index is 5.90. The Hall–Kier alpha value is -1.35. The summed E-state index contributed by atoms with van der Waals surface area (Å²) in [6.07, 6.45) is 2.48. The first kappa shape index (κ1) is 20.0. The quantitative estimate of drug-likeness (QED) is 0.415. The molecule has 0 radical (unpaired) electrons. The lowest BCUT2D eigenvalue weighted by molar-refractivity contribution is 0.264. The molecule has 8 heteroatoms. The third-order valence-corrected chi connectivity index (χ3v) is 4.39. The highest BCUT2D eigenvalue weighted by Crippen LogP contribution is 2.19. The van der Waals surface area contributed by atoms with Gasteiger partial charge in [0, 0.05) is 30.7 Å². The molecule has 0 spiro atoms. The molecule has 2 aromatic rings. The highest BCUT2D eigenvalue weighted by molar-refractivity contribution is 14.0. The molecule has 1 atom stereocenters. The van der Waals surface area contributed by atoms with Gasteiger partial charge < -0.3 is 14.7 Å². The Morgan fingerprint density at radius 2 is 2.16 bits per heavy atom. The largest absolute Gasteiger partial charge is 0.347 e. The molecule has 1 saturated heterocycles. The molecule has 1 aromatic heterocycles. The normalized spacial score (nSPS) is 18.0. The number of guanidine groups is 1. The first-order valence-electron chi connectivity index (χ1n) is 8.20. The molecule has 1 aromatic carbocycles. The Kier molecular flexibility index (Phi) is 7.49. The van der Waals surface area contributed by atoms with Crippen LogP contribution in [-0.2, 0) is 6.54 Å². The fourth-order valence-electron chi connectivity index (χ4n) is 2.91. The summed E-state index contributed by atoms with van der Waals surface area (Å²) in [4.78, 5) is 11.1. The summed E-state index contributed by atoms with van der Waals surface area (Å²) < 4.78 is 5.32. The Balaban J connectivity index is 0.00000225. The topological polar surface area (TPSA) is 66.5 Å². The third-order valence-electron chi connectivity index (χ3n) is 4.14. The molecule has 1 unspecified atom stereocenters. The zero-order valence-corrected chi connectivity index (χ0v) is 17.5. The molecule has 0 saturated carbocycles. The lowest BCUT2D eigenvalue weighted by Gasteiger charge is -2.33. The Morgan fingerprint density at radius 1 is 1.40 bits per heavy atom. The van der Waals surface area contributed by atoms with Crippen LogP contribution in [0, 0.1) is 5.92 Å². The number of nitrogens with one attached hydrogen (secondary N) is 1. The minimum Gasteiger partial charge on any atom is -0.347 e. The van der Waals surface area contributed by atoms with Crippen LogP contribution in [0.25, 0.3) is 11.4 Å². The van der Waals surface area contributed by atoms with Gasteiger partial charge in [0.15, 0.2) is 5.96 Å². The maximum absolute atomic E-state index is 5.90. The van der Waals surface area contributed by atoms with Crippen LogP contribution >= 0.6 is 35.6 Å². The van der Waals surface area contributed by atoms with Crippen LogP contribution < -0.4 is 5.32 Å². The number of rotatable bonds is 3. The minimum atomic E-state index is 0. The number of aromatic nitrogens is 2. The Bertz CT molecular complexity index is 703. The van der Waals surface area contributed by atoms with Gasteiger partial charge in [-0.2, -0.15) is 4.98 Å². The average molecular weight is 476 g/mol. The second-order valence-corrected chi connectivity index (χ2v) is 6.55. The maximum Gasteiger partial charge on any atom is 0.246 e. The van der Waals surface area contributed by atoms with Gasteiger partial charge in [-0.05, 0) is 43.0 Å². The number of likely N-dealkylation sites (tertiary alicyclic amines) is 1. The van der Waals surface area contributed by atoms with E-state index in [4.69, 9.17) is 16.1 Å². The predicted octanol–water partition coefficient (Wildman–Crippen LogP) is 3.82. The molecule has 136 valence electrons. The molecule has 1 fully saturated rings. The van der Waals surface area contributed by atoms with Crippen molar-refractivity contribution >= 4 is 41.5 Å². The van der Waals surface area contributed by atoms with Crippen molar-refractivity contribution in [1.82, 2.24) is 20.4 Å². The van der Waals surface area contributed by atoms with Gasteiger partial charge in [0.1, 0.15) is 0 Å². The average Bonchev–Trinajstić information content (AvgIpc) is 3.05. The summed E-state index contributed by atoms with van der Waals surface area (Å²) in [5.41, 5.74) is 0.878. The van der Waals surface area contributed by atoms with Gasteiger partial charge in [-0.25, -0.2) is 0 Å². The predicted molar refractivity (Wildman–Crippen MR) is 110 cm³/mol. The van der Waals surface area contributed by atoms with E-state index < -0.39 is 0 Å². The first-order valence-corrected chi connectivity index (χ1v) is 8.57. The van der Waals surface area contributed by atoms with Gasteiger partial charge in [0.25, 0.3) is 0 Å². The molecule has 25 heavy (non-hydrogen) atoms. The fourth-order valence-corrected chi connectivity index (χ4v) is 3.04. The van der Waals surface area contributed by atoms with E-state index in [0.717, 1.165) is 24.6 Å². The van der Waals surface area contributed by atoms with E-state index in [1.165, 1.54) is 12.8 Å². The lowest BCUT2D eigenvalue weighted by Crippen LogP contribution is -2.45. The van der Waals surface area contributed by atoms with Crippen LogP contribution in [0.2, 0.25) is 5.02 Å². The van der Waals surface area contributed by atoms with Crippen molar-refractivity contribution in [3.8, 4) is 11.4 Å². The van der Waals surface area contributed by atoms with E-state index >= 15 is 0 Å². The summed E-state index contributed by atoms with van der Waals surface area (Å²) in [7, 11) is 1.80. The van der Waals surface area contributed by atoms with E-state index in [0.29, 0.717) is 29.2 Å². The van der Waals surface area contributed by atoms with Gasteiger partial charge >= 0.3 is 0 Å². The highest BCUT2D eigenvalue weighted by Gasteiger charge is 2.19. The number of piperidine rings is 1. The molecular weight excluding hydrogens is 453 g/mol.